The topological polar surface area (TPSA) is 68.5 Å². The van der Waals surface area contributed by atoms with Gasteiger partial charge in [0.1, 0.15) is 11.6 Å². The van der Waals surface area contributed by atoms with Crippen molar-refractivity contribution in [1.82, 2.24) is 24.5 Å². The summed E-state index contributed by atoms with van der Waals surface area (Å²) in [6.45, 7) is 4.77. The van der Waals surface area contributed by atoms with Crippen LogP contribution in [0.2, 0.25) is 0 Å². The van der Waals surface area contributed by atoms with Gasteiger partial charge in [-0.3, -0.25) is 4.98 Å². The van der Waals surface area contributed by atoms with E-state index in [1.54, 1.807) is 12.4 Å². The number of nitrogens with zero attached hydrogens (tertiary/aromatic N) is 5. The Kier molecular flexibility index (Phi) is 4.54. The Morgan fingerprint density at radius 1 is 1.00 bits per heavy atom. The van der Waals surface area contributed by atoms with Crippen LogP contribution in [0.1, 0.15) is 24.0 Å². The molecule has 0 spiro atoms. The molecule has 1 N–H and O–H groups in total. The van der Waals surface area contributed by atoms with Crippen molar-refractivity contribution in [3.8, 4) is 11.4 Å². The monoisotopic (exact) mass is 358 g/mol. The van der Waals surface area contributed by atoms with Crippen LogP contribution in [0, 0.1) is 6.92 Å². The highest BCUT2D eigenvalue weighted by molar-refractivity contribution is 5.76. The molecule has 6 nitrogen and oxygen atoms in total. The standard InChI is InChI=1S/C21H22N6/c1-4-16-12-19(26-21(24-16)15-7-9-22-10-8-15)23-13-20-25-17-11-14(2)5-6-18(17)27(20)3/h5-12H,4,13H2,1-3H3,(H,23,24,26). The third kappa shape index (κ3) is 3.51. The molecule has 4 aromatic rings. The molecule has 0 unspecified atom stereocenters. The van der Waals surface area contributed by atoms with Gasteiger partial charge in [-0.15, -0.1) is 0 Å². The minimum atomic E-state index is 0.597. The summed E-state index contributed by atoms with van der Waals surface area (Å²) in [4.78, 5) is 18.1. The number of hydrogen-bond donors (Lipinski definition) is 1. The summed E-state index contributed by atoms with van der Waals surface area (Å²) in [7, 11) is 2.04. The molecule has 0 fully saturated rings. The molecule has 0 radical (unpaired) electrons. The fourth-order valence-electron chi connectivity index (χ4n) is 3.09. The number of aromatic nitrogens is 5. The SMILES string of the molecule is CCc1cc(NCc2nc3cc(C)ccc3n2C)nc(-c2ccncc2)n1. The number of aryl methyl sites for hydroxylation is 3. The summed E-state index contributed by atoms with van der Waals surface area (Å²) >= 11 is 0. The number of hydrogen-bond acceptors (Lipinski definition) is 5. The minimum absolute atomic E-state index is 0.597. The lowest BCUT2D eigenvalue weighted by Crippen LogP contribution is -2.08. The first kappa shape index (κ1) is 17.1. The van der Waals surface area contributed by atoms with E-state index in [1.807, 2.05) is 25.2 Å². The van der Waals surface area contributed by atoms with Gasteiger partial charge < -0.3 is 9.88 Å². The second-order valence-corrected chi connectivity index (χ2v) is 6.59. The second kappa shape index (κ2) is 7.15. The quantitative estimate of drug-likeness (QED) is 0.586. The molecule has 0 saturated heterocycles. The molecule has 1 aromatic carbocycles. The van der Waals surface area contributed by atoms with Gasteiger partial charge in [0.25, 0.3) is 0 Å². The van der Waals surface area contributed by atoms with Crippen molar-refractivity contribution >= 4 is 16.9 Å². The summed E-state index contributed by atoms with van der Waals surface area (Å²) in [6, 6.07) is 12.2. The molecule has 0 atom stereocenters. The summed E-state index contributed by atoms with van der Waals surface area (Å²) in [5.74, 6) is 2.48. The van der Waals surface area contributed by atoms with E-state index in [2.05, 4.69) is 56.9 Å². The molecular weight excluding hydrogens is 336 g/mol. The number of nitrogens with one attached hydrogen (secondary N) is 1. The van der Waals surface area contributed by atoms with Crippen LogP contribution < -0.4 is 5.32 Å². The van der Waals surface area contributed by atoms with Crippen molar-refractivity contribution < 1.29 is 0 Å². The Bertz CT molecular complexity index is 1080. The van der Waals surface area contributed by atoms with Gasteiger partial charge in [0.05, 0.1) is 17.6 Å². The van der Waals surface area contributed by atoms with Crippen molar-refractivity contribution in [1.29, 1.82) is 0 Å². The normalized spacial score (nSPS) is 11.1. The zero-order valence-electron chi connectivity index (χ0n) is 15.8. The first-order chi connectivity index (χ1) is 13.1. The minimum Gasteiger partial charge on any atom is -0.363 e. The Balaban J connectivity index is 1.62. The highest BCUT2D eigenvalue weighted by atomic mass is 15.1. The Labute approximate surface area is 158 Å². The van der Waals surface area contributed by atoms with Crippen LogP contribution in [0.15, 0.2) is 48.8 Å². The van der Waals surface area contributed by atoms with Crippen molar-refractivity contribution in [3.05, 3.63) is 65.9 Å². The predicted octanol–water partition coefficient (Wildman–Crippen LogP) is 3.91. The number of imidazole rings is 1. The fourth-order valence-corrected chi connectivity index (χ4v) is 3.09. The van der Waals surface area contributed by atoms with E-state index in [9.17, 15) is 0 Å². The predicted molar refractivity (Wildman–Crippen MR) is 107 cm³/mol. The Morgan fingerprint density at radius 2 is 1.81 bits per heavy atom. The van der Waals surface area contributed by atoms with Gasteiger partial charge in [0.15, 0.2) is 5.82 Å². The van der Waals surface area contributed by atoms with Crippen LogP contribution in [0.25, 0.3) is 22.4 Å². The van der Waals surface area contributed by atoms with Crippen LogP contribution in [0.5, 0.6) is 0 Å². The summed E-state index contributed by atoms with van der Waals surface area (Å²) in [5, 5.41) is 3.41. The average molecular weight is 358 g/mol. The number of benzene rings is 1. The number of pyridine rings is 1. The number of fused-ring (bicyclic) bond motifs is 1. The molecule has 0 bridgehead atoms. The highest BCUT2D eigenvalue weighted by Gasteiger charge is 2.10. The van der Waals surface area contributed by atoms with Gasteiger partial charge in [-0.1, -0.05) is 13.0 Å². The number of rotatable bonds is 5. The molecule has 0 aliphatic rings. The first-order valence-corrected chi connectivity index (χ1v) is 9.08. The van der Waals surface area contributed by atoms with Crippen LogP contribution >= 0.6 is 0 Å². The number of anilines is 1. The summed E-state index contributed by atoms with van der Waals surface area (Å²) in [6.07, 6.45) is 4.36. The largest absolute Gasteiger partial charge is 0.363 e. The van der Waals surface area contributed by atoms with Crippen LogP contribution in [-0.2, 0) is 20.0 Å². The Morgan fingerprint density at radius 3 is 2.59 bits per heavy atom. The van der Waals surface area contributed by atoms with Crippen molar-refractivity contribution in [3.63, 3.8) is 0 Å². The zero-order chi connectivity index (χ0) is 18.8. The lowest BCUT2D eigenvalue weighted by molar-refractivity contribution is 0.831. The van der Waals surface area contributed by atoms with Gasteiger partial charge in [0, 0.05) is 36.8 Å². The molecule has 3 aromatic heterocycles. The van der Waals surface area contributed by atoms with Crippen LogP contribution in [0.3, 0.4) is 0 Å². The maximum Gasteiger partial charge on any atom is 0.161 e. The summed E-state index contributed by atoms with van der Waals surface area (Å²) in [5.41, 5.74) is 5.32. The lowest BCUT2D eigenvalue weighted by Gasteiger charge is -2.09. The maximum atomic E-state index is 4.76. The molecular formula is C21H22N6. The van der Waals surface area contributed by atoms with Crippen molar-refractivity contribution in [2.45, 2.75) is 26.8 Å². The molecule has 0 amide bonds. The van der Waals surface area contributed by atoms with E-state index in [-0.39, 0.29) is 0 Å². The fraction of sp³-hybridized carbons (Fsp3) is 0.238. The smallest absolute Gasteiger partial charge is 0.161 e. The van der Waals surface area contributed by atoms with Gasteiger partial charge in [-0.2, -0.15) is 0 Å². The van der Waals surface area contributed by atoms with E-state index < -0.39 is 0 Å². The van der Waals surface area contributed by atoms with E-state index in [1.165, 1.54) is 5.56 Å². The highest BCUT2D eigenvalue weighted by Crippen LogP contribution is 2.20. The summed E-state index contributed by atoms with van der Waals surface area (Å²) < 4.78 is 2.12. The average Bonchev–Trinajstić information content (AvgIpc) is 3.01. The van der Waals surface area contributed by atoms with E-state index >= 15 is 0 Å². The molecule has 4 rings (SSSR count). The van der Waals surface area contributed by atoms with E-state index in [0.29, 0.717) is 12.4 Å². The first-order valence-electron chi connectivity index (χ1n) is 9.08. The van der Waals surface area contributed by atoms with Crippen LogP contribution in [-0.4, -0.2) is 24.5 Å². The van der Waals surface area contributed by atoms with Crippen molar-refractivity contribution in [2.24, 2.45) is 7.05 Å². The molecule has 27 heavy (non-hydrogen) atoms. The van der Waals surface area contributed by atoms with Gasteiger partial charge in [-0.25, -0.2) is 15.0 Å². The van der Waals surface area contributed by atoms with E-state index in [4.69, 9.17) is 4.98 Å². The van der Waals surface area contributed by atoms with Crippen molar-refractivity contribution in [2.75, 3.05) is 5.32 Å². The van der Waals surface area contributed by atoms with Crippen LogP contribution in [0.4, 0.5) is 5.82 Å². The molecule has 6 heteroatoms. The molecule has 3 heterocycles. The maximum absolute atomic E-state index is 4.76. The molecule has 0 aliphatic heterocycles. The van der Waals surface area contributed by atoms with E-state index in [0.717, 1.165) is 40.4 Å². The Hall–Kier alpha value is -3.28. The van der Waals surface area contributed by atoms with Gasteiger partial charge >= 0.3 is 0 Å². The van der Waals surface area contributed by atoms with Gasteiger partial charge in [0.2, 0.25) is 0 Å². The molecule has 136 valence electrons. The third-order valence-corrected chi connectivity index (χ3v) is 4.64. The third-order valence-electron chi connectivity index (χ3n) is 4.64. The second-order valence-electron chi connectivity index (χ2n) is 6.59. The molecule has 0 saturated carbocycles. The lowest BCUT2D eigenvalue weighted by atomic mass is 10.2. The van der Waals surface area contributed by atoms with Gasteiger partial charge in [-0.05, 0) is 43.2 Å². The molecule has 0 aliphatic carbocycles. The zero-order valence-corrected chi connectivity index (χ0v) is 15.8.